The minimum atomic E-state index is 0.473. The van der Waals surface area contributed by atoms with Crippen LogP contribution in [-0.2, 0) is 11.3 Å². The van der Waals surface area contributed by atoms with Crippen molar-refractivity contribution in [2.75, 3.05) is 20.3 Å². The van der Waals surface area contributed by atoms with Crippen LogP contribution >= 0.6 is 0 Å². The van der Waals surface area contributed by atoms with Crippen LogP contribution in [0.15, 0.2) is 21.0 Å². The number of likely N-dealkylation sites (N-methyl/N-ethyl adjacent to an activating group) is 1. The first-order valence-corrected chi connectivity index (χ1v) is 6.94. The van der Waals surface area contributed by atoms with Crippen molar-refractivity contribution in [3.05, 3.63) is 29.3 Å². The van der Waals surface area contributed by atoms with E-state index in [0.29, 0.717) is 17.7 Å². The van der Waals surface area contributed by atoms with Crippen LogP contribution in [0.3, 0.4) is 0 Å². The van der Waals surface area contributed by atoms with Crippen molar-refractivity contribution in [1.29, 1.82) is 0 Å². The highest BCUT2D eigenvalue weighted by molar-refractivity contribution is 5.45. The van der Waals surface area contributed by atoms with Gasteiger partial charge >= 0.3 is 0 Å². The van der Waals surface area contributed by atoms with Crippen LogP contribution in [0.2, 0.25) is 0 Å². The molecule has 0 spiro atoms. The normalized spacial score (nSPS) is 19.1. The predicted molar refractivity (Wildman–Crippen MR) is 74.4 cm³/mol. The molecule has 1 unspecified atom stereocenters. The molecule has 20 heavy (non-hydrogen) atoms. The Labute approximate surface area is 118 Å². The maximum Gasteiger partial charge on any atom is 0.263 e. The molecule has 1 aliphatic rings. The summed E-state index contributed by atoms with van der Waals surface area (Å²) in [7, 11) is 2.10. The average molecular weight is 276 g/mol. The van der Waals surface area contributed by atoms with Crippen LogP contribution in [0.25, 0.3) is 11.7 Å². The van der Waals surface area contributed by atoms with Crippen LogP contribution in [0, 0.1) is 13.8 Å². The lowest BCUT2D eigenvalue weighted by Crippen LogP contribution is -2.31. The summed E-state index contributed by atoms with van der Waals surface area (Å²) in [6.45, 7) is 6.28. The van der Waals surface area contributed by atoms with Crippen molar-refractivity contribution in [1.82, 2.24) is 9.88 Å². The van der Waals surface area contributed by atoms with Gasteiger partial charge in [-0.3, -0.25) is 4.90 Å². The zero-order valence-electron chi connectivity index (χ0n) is 12.2. The summed E-state index contributed by atoms with van der Waals surface area (Å²) in [6, 6.07) is 4.27. The van der Waals surface area contributed by atoms with Gasteiger partial charge < -0.3 is 13.6 Å². The quantitative estimate of drug-likeness (QED) is 0.859. The topological polar surface area (TPSA) is 51.6 Å². The van der Waals surface area contributed by atoms with Gasteiger partial charge in [0.2, 0.25) is 0 Å². The van der Waals surface area contributed by atoms with Gasteiger partial charge in [0, 0.05) is 19.2 Å². The summed E-state index contributed by atoms with van der Waals surface area (Å²) >= 11 is 0. The van der Waals surface area contributed by atoms with Crippen molar-refractivity contribution in [2.24, 2.45) is 0 Å². The summed E-state index contributed by atoms with van der Waals surface area (Å²) in [5, 5.41) is 0. The van der Waals surface area contributed by atoms with Crippen LogP contribution in [0.1, 0.15) is 23.6 Å². The molecule has 108 valence electrons. The molecule has 0 N–H and O–H groups in total. The maximum atomic E-state index is 5.71. The van der Waals surface area contributed by atoms with Gasteiger partial charge in [0.1, 0.15) is 11.5 Å². The Bertz CT molecular complexity index is 582. The molecule has 0 aromatic carbocycles. The molecule has 1 saturated heterocycles. The first kappa shape index (κ1) is 13.4. The molecule has 5 heteroatoms. The lowest BCUT2D eigenvalue weighted by Gasteiger charge is -2.21. The summed E-state index contributed by atoms with van der Waals surface area (Å²) in [5.74, 6) is 2.95. The fourth-order valence-corrected chi connectivity index (χ4v) is 2.46. The second-order valence-electron chi connectivity index (χ2n) is 5.36. The van der Waals surface area contributed by atoms with E-state index in [1.807, 2.05) is 26.0 Å². The fraction of sp³-hybridized carbons (Fsp3) is 0.533. The molecule has 1 atom stereocenters. The van der Waals surface area contributed by atoms with E-state index in [1.165, 1.54) is 0 Å². The summed E-state index contributed by atoms with van der Waals surface area (Å²) in [5.41, 5.74) is 0.962. The third kappa shape index (κ3) is 2.64. The van der Waals surface area contributed by atoms with Crippen LogP contribution < -0.4 is 0 Å². The van der Waals surface area contributed by atoms with Gasteiger partial charge in [-0.2, -0.15) is 0 Å². The Morgan fingerprint density at radius 1 is 1.30 bits per heavy atom. The Hall–Kier alpha value is -1.59. The molecular weight excluding hydrogens is 256 g/mol. The third-order valence-corrected chi connectivity index (χ3v) is 3.77. The van der Waals surface area contributed by atoms with E-state index in [2.05, 4.69) is 16.9 Å². The van der Waals surface area contributed by atoms with Gasteiger partial charge in [-0.15, -0.1) is 0 Å². The molecule has 2 aromatic heterocycles. The molecule has 0 aliphatic carbocycles. The van der Waals surface area contributed by atoms with Gasteiger partial charge in [0.25, 0.3) is 5.89 Å². The minimum Gasteiger partial charge on any atom is -0.456 e. The number of oxazole rings is 1. The minimum absolute atomic E-state index is 0.473. The van der Waals surface area contributed by atoms with Gasteiger partial charge in [0.05, 0.1) is 12.3 Å². The molecule has 0 radical (unpaired) electrons. The predicted octanol–water partition coefficient (Wildman–Crippen LogP) is 2.77. The second-order valence-corrected chi connectivity index (χ2v) is 5.36. The molecule has 3 rings (SSSR count). The first-order valence-electron chi connectivity index (χ1n) is 6.94. The molecule has 5 nitrogen and oxygen atoms in total. The van der Waals surface area contributed by atoms with Crippen molar-refractivity contribution >= 4 is 0 Å². The first-order chi connectivity index (χ1) is 9.63. The zero-order valence-corrected chi connectivity index (χ0v) is 12.2. The zero-order chi connectivity index (χ0) is 14.1. The summed E-state index contributed by atoms with van der Waals surface area (Å²) in [4.78, 5) is 6.83. The number of ether oxygens (including phenoxy) is 1. The largest absolute Gasteiger partial charge is 0.456 e. The van der Waals surface area contributed by atoms with Crippen molar-refractivity contribution in [3.63, 3.8) is 0 Å². The summed E-state index contributed by atoms with van der Waals surface area (Å²) < 4.78 is 16.7. The van der Waals surface area contributed by atoms with Crippen molar-refractivity contribution < 1.29 is 13.6 Å². The van der Waals surface area contributed by atoms with Gasteiger partial charge in [-0.05, 0) is 39.4 Å². The number of rotatable bonds is 4. The number of aromatic nitrogens is 1. The Morgan fingerprint density at radius 2 is 2.15 bits per heavy atom. The van der Waals surface area contributed by atoms with Gasteiger partial charge in [-0.1, -0.05) is 0 Å². The van der Waals surface area contributed by atoms with E-state index >= 15 is 0 Å². The monoisotopic (exact) mass is 276 g/mol. The Balaban J connectivity index is 1.75. The number of aryl methyl sites for hydroxylation is 2. The lowest BCUT2D eigenvalue weighted by atomic mass is 10.2. The van der Waals surface area contributed by atoms with Gasteiger partial charge in [0.15, 0.2) is 5.76 Å². The molecule has 1 aliphatic heterocycles. The maximum absolute atomic E-state index is 5.71. The fourth-order valence-electron chi connectivity index (χ4n) is 2.46. The SMILES string of the molecule is Cc1ccc(-c2nc(CN(C)C3CCOC3)c(C)o2)o1. The Morgan fingerprint density at radius 3 is 2.80 bits per heavy atom. The van der Waals surface area contributed by atoms with Gasteiger partial charge in [-0.25, -0.2) is 4.98 Å². The molecular formula is C15H20N2O3. The number of hydrogen-bond donors (Lipinski definition) is 0. The highest BCUT2D eigenvalue weighted by Crippen LogP contribution is 2.25. The number of furan rings is 1. The lowest BCUT2D eigenvalue weighted by molar-refractivity contribution is 0.155. The van der Waals surface area contributed by atoms with E-state index in [1.54, 1.807) is 0 Å². The summed E-state index contributed by atoms with van der Waals surface area (Å²) in [6.07, 6.45) is 1.08. The van der Waals surface area contributed by atoms with Crippen molar-refractivity contribution in [3.8, 4) is 11.7 Å². The highest BCUT2D eigenvalue weighted by Gasteiger charge is 2.22. The number of hydrogen-bond acceptors (Lipinski definition) is 5. The smallest absolute Gasteiger partial charge is 0.263 e. The van der Waals surface area contributed by atoms with Crippen molar-refractivity contribution in [2.45, 2.75) is 32.9 Å². The molecule has 2 aromatic rings. The standard InChI is InChI=1S/C15H20N2O3/c1-10-4-5-14(19-10)15-16-13(11(2)20-15)8-17(3)12-6-7-18-9-12/h4-5,12H,6-9H2,1-3H3. The molecule has 0 bridgehead atoms. The van der Waals surface area contributed by atoms with E-state index < -0.39 is 0 Å². The van der Waals surface area contributed by atoms with E-state index in [-0.39, 0.29) is 0 Å². The average Bonchev–Trinajstić information content (AvgIpc) is 3.11. The molecule has 1 fully saturated rings. The second kappa shape index (κ2) is 5.42. The highest BCUT2D eigenvalue weighted by atomic mass is 16.5. The number of nitrogens with zero attached hydrogens (tertiary/aromatic N) is 2. The molecule has 3 heterocycles. The van der Waals surface area contributed by atoms with E-state index in [9.17, 15) is 0 Å². The van der Waals surface area contributed by atoms with Crippen LogP contribution in [0.5, 0.6) is 0 Å². The van der Waals surface area contributed by atoms with Crippen LogP contribution in [-0.4, -0.2) is 36.2 Å². The molecule has 0 saturated carbocycles. The Kier molecular flexibility index (Phi) is 3.63. The molecule has 0 amide bonds. The van der Waals surface area contributed by atoms with Crippen LogP contribution in [0.4, 0.5) is 0 Å². The van der Waals surface area contributed by atoms with E-state index in [4.69, 9.17) is 13.6 Å². The third-order valence-electron chi connectivity index (χ3n) is 3.77. The van der Waals surface area contributed by atoms with E-state index in [0.717, 1.165) is 43.4 Å².